The van der Waals surface area contributed by atoms with Crippen LogP contribution >= 0.6 is 0 Å². The molecule has 0 aliphatic heterocycles. The van der Waals surface area contributed by atoms with Gasteiger partial charge in [-0.15, -0.1) is 0 Å². The summed E-state index contributed by atoms with van der Waals surface area (Å²) in [5.41, 5.74) is 0. The van der Waals surface area contributed by atoms with Crippen LogP contribution in [0.2, 0.25) is 0 Å². The molecule has 0 rings (SSSR count). The first-order valence-corrected chi connectivity index (χ1v) is 10.3. The predicted octanol–water partition coefficient (Wildman–Crippen LogP) is 5.11. The Balaban J connectivity index is 4.05. The van der Waals surface area contributed by atoms with E-state index >= 15 is 0 Å². The largest absolute Gasteiger partial charge is 0.481 e. The molecule has 0 saturated heterocycles. The molecule has 0 spiro atoms. The average molecular weight is 358 g/mol. The van der Waals surface area contributed by atoms with E-state index in [0.29, 0.717) is 12.3 Å². The standard InChI is InChI=1S/C21H41O4/c1-4-5-6-7-8-9-10-11-12-13-14-19(15-17(2)22)20(21(24)25)16-18(3)23/h17-19,22-23H,4-16H2,1-3H3,(H,24,25). The molecule has 0 fully saturated rings. The SMILES string of the molecule is CCCCCCCCCCCCC(CC(C)O)[C](CC(C)O)C(=O)O. The van der Waals surface area contributed by atoms with Crippen molar-refractivity contribution >= 4 is 5.97 Å². The Morgan fingerprint density at radius 3 is 1.68 bits per heavy atom. The Morgan fingerprint density at radius 1 is 0.800 bits per heavy atom. The Labute approximate surface area is 155 Å². The molecule has 1 radical (unpaired) electrons. The van der Waals surface area contributed by atoms with Crippen molar-refractivity contribution in [2.75, 3.05) is 0 Å². The molecule has 25 heavy (non-hydrogen) atoms. The maximum absolute atomic E-state index is 11.5. The zero-order chi connectivity index (χ0) is 19.1. The van der Waals surface area contributed by atoms with Crippen LogP contribution in [0.15, 0.2) is 0 Å². The van der Waals surface area contributed by atoms with E-state index in [1.54, 1.807) is 13.8 Å². The summed E-state index contributed by atoms with van der Waals surface area (Å²) in [7, 11) is 0. The number of carboxylic acid groups (broad SMARTS) is 1. The number of carboxylic acids is 1. The molecule has 0 aromatic carbocycles. The number of aliphatic carboxylic acids is 1. The average Bonchev–Trinajstić information content (AvgIpc) is 2.52. The third-order valence-electron chi connectivity index (χ3n) is 4.81. The molecular formula is C21H41O4. The maximum Gasteiger partial charge on any atom is 0.311 e. The lowest BCUT2D eigenvalue weighted by molar-refractivity contribution is -0.136. The van der Waals surface area contributed by atoms with Gasteiger partial charge in [-0.25, -0.2) is 0 Å². The van der Waals surface area contributed by atoms with Gasteiger partial charge in [0.1, 0.15) is 0 Å². The summed E-state index contributed by atoms with van der Waals surface area (Å²) >= 11 is 0. The molecule has 3 atom stereocenters. The Hall–Kier alpha value is -0.610. The number of aliphatic hydroxyl groups is 2. The molecule has 3 N–H and O–H groups in total. The molecule has 0 heterocycles. The van der Waals surface area contributed by atoms with Gasteiger partial charge in [-0.2, -0.15) is 0 Å². The van der Waals surface area contributed by atoms with Crippen molar-refractivity contribution in [1.29, 1.82) is 0 Å². The van der Waals surface area contributed by atoms with Crippen LogP contribution in [0.25, 0.3) is 0 Å². The highest BCUT2D eigenvalue weighted by molar-refractivity contribution is 5.83. The van der Waals surface area contributed by atoms with Crippen LogP contribution < -0.4 is 0 Å². The van der Waals surface area contributed by atoms with Crippen molar-refractivity contribution in [3.8, 4) is 0 Å². The van der Waals surface area contributed by atoms with Crippen LogP contribution in [0, 0.1) is 11.8 Å². The first kappa shape index (κ1) is 24.4. The van der Waals surface area contributed by atoms with E-state index in [0.717, 1.165) is 19.3 Å². The lowest BCUT2D eigenvalue weighted by atomic mass is 9.80. The van der Waals surface area contributed by atoms with Crippen molar-refractivity contribution in [2.24, 2.45) is 5.92 Å². The fraction of sp³-hybridized carbons (Fsp3) is 0.905. The first-order chi connectivity index (χ1) is 11.9. The van der Waals surface area contributed by atoms with Crippen molar-refractivity contribution < 1.29 is 20.1 Å². The minimum atomic E-state index is -0.932. The monoisotopic (exact) mass is 357 g/mol. The summed E-state index contributed by atoms with van der Waals surface area (Å²) in [5, 5.41) is 28.7. The van der Waals surface area contributed by atoms with Crippen LogP contribution in [-0.2, 0) is 4.79 Å². The molecule has 3 unspecified atom stereocenters. The van der Waals surface area contributed by atoms with E-state index in [4.69, 9.17) is 0 Å². The minimum absolute atomic E-state index is 0.138. The van der Waals surface area contributed by atoms with Crippen LogP contribution in [0.1, 0.15) is 104 Å². The van der Waals surface area contributed by atoms with Crippen molar-refractivity contribution in [2.45, 2.75) is 116 Å². The van der Waals surface area contributed by atoms with Crippen LogP contribution in [0.3, 0.4) is 0 Å². The number of rotatable bonds is 17. The van der Waals surface area contributed by atoms with Crippen molar-refractivity contribution in [3.63, 3.8) is 0 Å². The molecule has 4 nitrogen and oxygen atoms in total. The zero-order valence-corrected chi connectivity index (χ0v) is 16.7. The van der Waals surface area contributed by atoms with Crippen LogP contribution in [-0.4, -0.2) is 33.5 Å². The first-order valence-electron chi connectivity index (χ1n) is 10.3. The molecule has 0 amide bonds. The van der Waals surface area contributed by atoms with Crippen LogP contribution in [0.5, 0.6) is 0 Å². The Morgan fingerprint density at radius 2 is 1.28 bits per heavy atom. The zero-order valence-electron chi connectivity index (χ0n) is 16.7. The summed E-state index contributed by atoms with van der Waals surface area (Å²) in [4.78, 5) is 11.5. The van der Waals surface area contributed by atoms with Crippen LogP contribution in [0.4, 0.5) is 0 Å². The molecule has 0 aromatic heterocycles. The van der Waals surface area contributed by atoms with Crippen molar-refractivity contribution in [1.82, 2.24) is 0 Å². The summed E-state index contributed by atoms with van der Waals surface area (Å²) < 4.78 is 0. The van der Waals surface area contributed by atoms with E-state index in [1.807, 2.05) is 0 Å². The molecule has 0 bridgehead atoms. The van der Waals surface area contributed by atoms with Gasteiger partial charge in [0.15, 0.2) is 0 Å². The fourth-order valence-corrected chi connectivity index (χ4v) is 3.47. The Bertz CT molecular complexity index is 315. The molecule has 0 aromatic rings. The lowest BCUT2D eigenvalue weighted by Crippen LogP contribution is -2.27. The van der Waals surface area contributed by atoms with Gasteiger partial charge in [0, 0.05) is 0 Å². The van der Waals surface area contributed by atoms with E-state index in [1.165, 1.54) is 51.4 Å². The predicted molar refractivity (Wildman–Crippen MR) is 103 cm³/mol. The number of hydrogen-bond donors (Lipinski definition) is 3. The number of hydrogen-bond acceptors (Lipinski definition) is 3. The fourth-order valence-electron chi connectivity index (χ4n) is 3.47. The van der Waals surface area contributed by atoms with Gasteiger partial charge in [0.2, 0.25) is 0 Å². The second-order valence-electron chi connectivity index (χ2n) is 7.64. The highest BCUT2D eigenvalue weighted by Crippen LogP contribution is 2.30. The van der Waals surface area contributed by atoms with Gasteiger partial charge in [0.25, 0.3) is 0 Å². The summed E-state index contributed by atoms with van der Waals surface area (Å²) in [6.07, 6.45) is 12.8. The third kappa shape index (κ3) is 14.3. The molecular weight excluding hydrogens is 316 g/mol. The molecule has 0 aliphatic rings. The van der Waals surface area contributed by atoms with E-state index in [-0.39, 0.29) is 12.3 Å². The van der Waals surface area contributed by atoms with E-state index < -0.39 is 18.2 Å². The number of unbranched alkanes of at least 4 members (excludes halogenated alkanes) is 9. The summed E-state index contributed by atoms with van der Waals surface area (Å²) in [6.45, 7) is 5.55. The van der Waals surface area contributed by atoms with Gasteiger partial charge in [-0.1, -0.05) is 71.1 Å². The maximum atomic E-state index is 11.5. The van der Waals surface area contributed by atoms with Gasteiger partial charge >= 0.3 is 5.97 Å². The summed E-state index contributed by atoms with van der Waals surface area (Å²) in [5.74, 6) is -0.702. The van der Waals surface area contributed by atoms with E-state index in [9.17, 15) is 20.1 Å². The summed E-state index contributed by atoms with van der Waals surface area (Å²) in [6, 6.07) is 0. The number of carbonyl (C=O) groups is 1. The smallest absolute Gasteiger partial charge is 0.311 e. The second kappa shape index (κ2) is 15.6. The van der Waals surface area contributed by atoms with Gasteiger partial charge < -0.3 is 15.3 Å². The topological polar surface area (TPSA) is 77.8 Å². The van der Waals surface area contributed by atoms with Gasteiger partial charge in [0.05, 0.1) is 18.1 Å². The number of aliphatic hydroxyl groups excluding tert-OH is 2. The van der Waals surface area contributed by atoms with Gasteiger partial charge in [-0.05, 0) is 39.0 Å². The van der Waals surface area contributed by atoms with Gasteiger partial charge in [-0.3, -0.25) is 4.79 Å². The molecule has 149 valence electrons. The second-order valence-corrected chi connectivity index (χ2v) is 7.64. The van der Waals surface area contributed by atoms with Crippen molar-refractivity contribution in [3.05, 3.63) is 5.92 Å². The third-order valence-corrected chi connectivity index (χ3v) is 4.81. The normalized spacial score (nSPS) is 15.3. The minimum Gasteiger partial charge on any atom is -0.481 e. The molecule has 0 saturated carbocycles. The molecule has 4 heteroatoms. The highest BCUT2D eigenvalue weighted by Gasteiger charge is 2.30. The lowest BCUT2D eigenvalue weighted by Gasteiger charge is -2.25. The Kier molecular flexibility index (Phi) is 15.2. The highest BCUT2D eigenvalue weighted by atomic mass is 16.4. The quantitative estimate of drug-likeness (QED) is 0.316. The molecule has 0 aliphatic carbocycles. The van der Waals surface area contributed by atoms with E-state index in [2.05, 4.69) is 6.92 Å².